The molecule has 1 heterocycles. The molecule has 0 aliphatic rings. The highest BCUT2D eigenvalue weighted by atomic mass is 32.2. The molecule has 0 amide bonds. The Kier molecular flexibility index (Phi) is 3.38. The number of aromatic nitrogens is 2. The molecule has 0 unspecified atom stereocenters. The first kappa shape index (κ1) is 12.0. The van der Waals surface area contributed by atoms with Gasteiger partial charge in [0, 0.05) is 11.4 Å². The Balaban J connectivity index is 2.39. The third kappa shape index (κ3) is 2.29. The SMILES string of the molecule is CCn1nc(C)c(N)c1Sc1ccccc1F. The molecule has 0 aliphatic carbocycles. The number of halogens is 1. The topological polar surface area (TPSA) is 43.8 Å². The van der Waals surface area contributed by atoms with Crippen LogP contribution in [0.2, 0.25) is 0 Å². The van der Waals surface area contributed by atoms with Gasteiger partial charge in [0.1, 0.15) is 10.8 Å². The number of nitrogens with two attached hydrogens (primary N) is 1. The maximum atomic E-state index is 13.6. The van der Waals surface area contributed by atoms with Crippen molar-refractivity contribution in [3.63, 3.8) is 0 Å². The van der Waals surface area contributed by atoms with Crippen molar-refractivity contribution in [3.05, 3.63) is 35.8 Å². The molecule has 0 radical (unpaired) electrons. The number of hydrogen-bond donors (Lipinski definition) is 1. The molecule has 0 saturated heterocycles. The summed E-state index contributed by atoms with van der Waals surface area (Å²) in [5.41, 5.74) is 7.36. The minimum absolute atomic E-state index is 0.238. The van der Waals surface area contributed by atoms with Crippen molar-refractivity contribution in [2.45, 2.75) is 30.3 Å². The van der Waals surface area contributed by atoms with Crippen molar-refractivity contribution in [2.75, 3.05) is 5.73 Å². The van der Waals surface area contributed by atoms with Crippen LogP contribution in [0.4, 0.5) is 10.1 Å². The zero-order chi connectivity index (χ0) is 12.4. The number of benzene rings is 1. The second-order valence-corrected chi connectivity index (χ2v) is 4.68. The second kappa shape index (κ2) is 4.79. The Morgan fingerprint density at radius 1 is 1.41 bits per heavy atom. The van der Waals surface area contributed by atoms with Gasteiger partial charge in [-0.2, -0.15) is 5.10 Å². The average molecular weight is 251 g/mol. The molecule has 0 aliphatic heterocycles. The molecule has 2 N–H and O–H groups in total. The van der Waals surface area contributed by atoms with Crippen molar-refractivity contribution in [1.29, 1.82) is 0 Å². The molecule has 1 aromatic heterocycles. The monoisotopic (exact) mass is 251 g/mol. The fourth-order valence-corrected chi connectivity index (χ4v) is 2.58. The summed E-state index contributed by atoms with van der Waals surface area (Å²) in [6, 6.07) is 6.66. The fraction of sp³-hybridized carbons (Fsp3) is 0.250. The molecule has 1 aromatic carbocycles. The molecule has 0 fully saturated rings. The highest BCUT2D eigenvalue weighted by Crippen LogP contribution is 2.34. The summed E-state index contributed by atoms with van der Waals surface area (Å²) in [5.74, 6) is -0.238. The molecular formula is C12H14FN3S. The van der Waals surface area contributed by atoms with E-state index in [0.717, 1.165) is 17.3 Å². The summed E-state index contributed by atoms with van der Waals surface area (Å²) in [4.78, 5) is 0.564. The van der Waals surface area contributed by atoms with E-state index >= 15 is 0 Å². The number of hydrogen-bond acceptors (Lipinski definition) is 3. The van der Waals surface area contributed by atoms with Gasteiger partial charge < -0.3 is 5.73 Å². The van der Waals surface area contributed by atoms with Gasteiger partial charge in [0.15, 0.2) is 0 Å². The molecule has 5 heteroatoms. The van der Waals surface area contributed by atoms with E-state index < -0.39 is 0 Å². The maximum absolute atomic E-state index is 13.6. The first-order chi connectivity index (χ1) is 8.13. The molecule has 0 spiro atoms. The summed E-state index contributed by atoms with van der Waals surface area (Å²) in [7, 11) is 0. The average Bonchev–Trinajstić information content (AvgIpc) is 2.59. The molecule has 0 bridgehead atoms. The minimum Gasteiger partial charge on any atom is -0.395 e. The third-order valence-electron chi connectivity index (χ3n) is 2.47. The lowest BCUT2D eigenvalue weighted by Crippen LogP contribution is -1.99. The molecular weight excluding hydrogens is 237 g/mol. The summed E-state index contributed by atoms with van der Waals surface area (Å²) in [6.07, 6.45) is 0. The van der Waals surface area contributed by atoms with E-state index in [0.29, 0.717) is 10.6 Å². The smallest absolute Gasteiger partial charge is 0.137 e. The van der Waals surface area contributed by atoms with Crippen molar-refractivity contribution in [2.24, 2.45) is 0 Å². The zero-order valence-corrected chi connectivity index (χ0v) is 10.6. The van der Waals surface area contributed by atoms with Gasteiger partial charge >= 0.3 is 0 Å². The molecule has 90 valence electrons. The van der Waals surface area contributed by atoms with Crippen molar-refractivity contribution >= 4 is 17.4 Å². The van der Waals surface area contributed by atoms with Crippen LogP contribution in [-0.2, 0) is 6.54 Å². The molecule has 17 heavy (non-hydrogen) atoms. The summed E-state index contributed by atoms with van der Waals surface area (Å²) in [6.45, 7) is 4.55. The first-order valence-electron chi connectivity index (χ1n) is 5.38. The maximum Gasteiger partial charge on any atom is 0.137 e. The molecule has 0 atom stereocenters. The third-order valence-corrected chi connectivity index (χ3v) is 3.64. The zero-order valence-electron chi connectivity index (χ0n) is 9.77. The first-order valence-corrected chi connectivity index (χ1v) is 6.20. The van der Waals surface area contributed by atoms with Gasteiger partial charge in [-0.15, -0.1) is 0 Å². The predicted molar refractivity (Wildman–Crippen MR) is 67.6 cm³/mol. The quantitative estimate of drug-likeness (QED) is 0.911. The number of nitrogens with zero attached hydrogens (tertiary/aromatic N) is 2. The Labute approximate surface area is 104 Å². The molecule has 0 saturated carbocycles. The lowest BCUT2D eigenvalue weighted by molar-refractivity contribution is 0.593. The Morgan fingerprint density at radius 2 is 2.12 bits per heavy atom. The van der Waals surface area contributed by atoms with Crippen molar-refractivity contribution in [3.8, 4) is 0 Å². The van der Waals surface area contributed by atoms with Gasteiger partial charge in [0.2, 0.25) is 0 Å². The van der Waals surface area contributed by atoms with Crippen LogP contribution >= 0.6 is 11.8 Å². The lowest BCUT2D eigenvalue weighted by Gasteiger charge is -2.06. The van der Waals surface area contributed by atoms with Crippen LogP contribution in [0.5, 0.6) is 0 Å². The Morgan fingerprint density at radius 3 is 2.76 bits per heavy atom. The van der Waals surface area contributed by atoms with Crippen LogP contribution in [0.1, 0.15) is 12.6 Å². The lowest BCUT2D eigenvalue weighted by atomic mass is 10.3. The van der Waals surface area contributed by atoms with E-state index in [1.54, 1.807) is 22.9 Å². The van der Waals surface area contributed by atoms with Gasteiger partial charge in [-0.05, 0) is 26.0 Å². The number of aryl methyl sites for hydroxylation is 2. The van der Waals surface area contributed by atoms with E-state index in [-0.39, 0.29) is 5.82 Å². The number of rotatable bonds is 3. The van der Waals surface area contributed by atoms with Crippen LogP contribution in [0.3, 0.4) is 0 Å². The van der Waals surface area contributed by atoms with Gasteiger partial charge in [0.05, 0.1) is 11.4 Å². The largest absolute Gasteiger partial charge is 0.395 e. The molecule has 2 rings (SSSR count). The van der Waals surface area contributed by atoms with Crippen LogP contribution in [0.25, 0.3) is 0 Å². The second-order valence-electron chi connectivity index (χ2n) is 3.65. The Bertz CT molecular complexity index is 537. The van der Waals surface area contributed by atoms with E-state index in [1.165, 1.54) is 17.8 Å². The number of nitrogen functional groups attached to an aromatic ring is 1. The van der Waals surface area contributed by atoms with Gasteiger partial charge in [-0.1, -0.05) is 23.9 Å². The standard InChI is InChI=1S/C12H14FN3S/c1-3-16-12(11(14)8(2)15-16)17-10-7-5-4-6-9(10)13/h4-7H,3,14H2,1-2H3. The summed E-state index contributed by atoms with van der Waals surface area (Å²) < 4.78 is 15.4. The van der Waals surface area contributed by atoms with E-state index in [4.69, 9.17) is 5.73 Å². The Hall–Kier alpha value is -1.49. The summed E-state index contributed by atoms with van der Waals surface area (Å²) in [5, 5.41) is 5.10. The molecule has 3 nitrogen and oxygen atoms in total. The van der Waals surface area contributed by atoms with Crippen LogP contribution in [0.15, 0.2) is 34.2 Å². The minimum atomic E-state index is -0.238. The highest BCUT2D eigenvalue weighted by molar-refractivity contribution is 7.99. The van der Waals surface area contributed by atoms with E-state index in [2.05, 4.69) is 5.10 Å². The van der Waals surface area contributed by atoms with Crippen LogP contribution < -0.4 is 5.73 Å². The van der Waals surface area contributed by atoms with E-state index in [9.17, 15) is 4.39 Å². The predicted octanol–water partition coefficient (Wildman–Crippen LogP) is 3.08. The van der Waals surface area contributed by atoms with Crippen LogP contribution in [-0.4, -0.2) is 9.78 Å². The van der Waals surface area contributed by atoms with Crippen molar-refractivity contribution < 1.29 is 4.39 Å². The normalized spacial score (nSPS) is 10.8. The fourth-order valence-electron chi connectivity index (χ4n) is 1.53. The van der Waals surface area contributed by atoms with Crippen molar-refractivity contribution in [1.82, 2.24) is 9.78 Å². The highest BCUT2D eigenvalue weighted by Gasteiger charge is 2.14. The number of anilines is 1. The van der Waals surface area contributed by atoms with E-state index in [1.807, 2.05) is 13.8 Å². The molecule has 2 aromatic rings. The van der Waals surface area contributed by atoms with Crippen LogP contribution in [0, 0.1) is 12.7 Å². The van der Waals surface area contributed by atoms with Gasteiger partial charge in [0.25, 0.3) is 0 Å². The van der Waals surface area contributed by atoms with Gasteiger partial charge in [-0.25, -0.2) is 4.39 Å². The van der Waals surface area contributed by atoms with Gasteiger partial charge in [-0.3, -0.25) is 4.68 Å². The summed E-state index contributed by atoms with van der Waals surface area (Å²) >= 11 is 1.31.